The van der Waals surface area contributed by atoms with E-state index in [1.165, 1.54) is 9.63 Å². The normalized spacial score (nSPS) is 11.0. The summed E-state index contributed by atoms with van der Waals surface area (Å²) in [5.41, 5.74) is 3.54. The van der Waals surface area contributed by atoms with Crippen LogP contribution < -0.4 is 9.47 Å². The van der Waals surface area contributed by atoms with Crippen molar-refractivity contribution < 1.29 is 14.7 Å². The summed E-state index contributed by atoms with van der Waals surface area (Å²) in [6.07, 6.45) is 1.83. The van der Waals surface area contributed by atoms with Crippen molar-refractivity contribution in [3.05, 3.63) is 42.2 Å². The Labute approximate surface area is 133 Å². The Morgan fingerprint density at radius 3 is 2.77 bits per heavy atom. The zero-order chi connectivity index (χ0) is 15.7. The summed E-state index contributed by atoms with van der Waals surface area (Å²) < 4.78 is 6.72. The van der Waals surface area contributed by atoms with Crippen molar-refractivity contribution in [3.8, 4) is 16.9 Å². The summed E-state index contributed by atoms with van der Waals surface area (Å²) in [7, 11) is 1.68. The van der Waals surface area contributed by atoms with E-state index in [0.717, 1.165) is 33.7 Å². The van der Waals surface area contributed by atoms with Gasteiger partial charge in [0.1, 0.15) is 11.4 Å². The maximum absolute atomic E-state index is 10.1. The van der Waals surface area contributed by atoms with Crippen molar-refractivity contribution in [3.63, 3.8) is 0 Å². The first-order chi connectivity index (χ1) is 10.7. The quantitative estimate of drug-likeness (QED) is 0.437. The molecule has 0 aliphatic carbocycles. The van der Waals surface area contributed by atoms with Gasteiger partial charge in [0.05, 0.1) is 18.7 Å². The molecule has 0 amide bonds. The Balaban J connectivity index is 2.28. The minimum atomic E-state index is 0.686. The van der Waals surface area contributed by atoms with Crippen molar-refractivity contribution in [1.82, 2.24) is 4.98 Å². The molecule has 0 atom stereocenters. The van der Waals surface area contributed by atoms with Crippen molar-refractivity contribution in [2.45, 2.75) is 18.7 Å². The molecule has 3 aromatic rings. The molecule has 0 aliphatic rings. The Kier molecular flexibility index (Phi) is 3.98. The summed E-state index contributed by atoms with van der Waals surface area (Å²) in [4.78, 5) is 4.29. The number of hydrogen-bond donors (Lipinski definition) is 2. The maximum atomic E-state index is 10.1. The number of ether oxygens (including phenoxy) is 1. The smallest absolute Gasteiger partial charge is 0.326 e. The second-order valence-electron chi connectivity index (χ2n) is 5.05. The third-order valence-electron chi connectivity index (χ3n) is 3.69. The first kappa shape index (κ1) is 14.8. The van der Waals surface area contributed by atoms with E-state index in [-0.39, 0.29) is 0 Å². The molecule has 2 N–H and O–H groups in total. The van der Waals surface area contributed by atoms with E-state index < -0.39 is 0 Å². The van der Waals surface area contributed by atoms with Crippen molar-refractivity contribution in [2.24, 2.45) is 0 Å². The van der Waals surface area contributed by atoms with Crippen LogP contribution in [0.5, 0.6) is 5.75 Å². The number of aryl methyl sites for hydroxylation is 1. The van der Waals surface area contributed by atoms with Crippen molar-refractivity contribution in [1.29, 1.82) is 0 Å². The molecule has 0 saturated heterocycles. The molecule has 0 bridgehead atoms. The van der Waals surface area contributed by atoms with Crippen LogP contribution in [0.3, 0.4) is 0 Å². The second-order valence-corrected chi connectivity index (χ2v) is 6.38. The topological polar surface area (TPSA) is 49.1 Å². The molecule has 0 saturated carbocycles. The number of hydrogen-bond acceptors (Lipinski definition) is 3. The average Bonchev–Trinajstić information content (AvgIpc) is 3.01. The molecule has 2 heterocycles. The molecular formula is C17H19N2O2S+. The fourth-order valence-corrected chi connectivity index (χ4v) is 3.35. The SMILES string of the molecule is CCSc1ccc(OC)c(-c2cc(C)[n+](O)c3[nH]ccc23)c1. The van der Waals surface area contributed by atoms with Gasteiger partial charge in [-0.15, -0.1) is 11.8 Å². The third kappa shape index (κ3) is 2.41. The van der Waals surface area contributed by atoms with E-state index in [0.29, 0.717) is 5.65 Å². The lowest BCUT2D eigenvalue weighted by molar-refractivity contribution is -0.889. The first-order valence-electron chi connectivity index (χ1n) is 7.19. The first-order valence-corrected chi connectivity index (χ1v) is 8.17. The number of aromatic nitrogens is 2. The zero-order valence-electron chi connectivity index (χ0n) is 12.9. The van der Waals surface area contributed by atoms with Gasteiger partial charge in [-0.1, -0.05) is 6.92 Å². The van der Waals surface area contributed by atoms with Gasteiger partial charge in [0.15, 0.2) is 0 Å². The fourth-order valence-electron chi connectivity index (χ4n) is 2.65. The highest BCUT2D eigenvalue weighted by Gasteiger charge is 2.19. The van der Waals surface area contributed by atoms with Crippen LogP contribution in [-0.4, -0.2) is 23.1 Å². The Morgan fingerprint density at radius 2 is 2.05 bits per heavy atom. The van der Waals surface area contributed by atoms with E-state index in [4.69, 9.17) is 4.74 Å². The second kappa shape index (κ2) is 5.93. The molecule has 22 heavy (non-hydrogen) atoms. The highest BCUT2D eigenvalue weighted by Crippen LogP contribution is 2.37. The fraction of sp³-hybridized carbons (Fsp3) is 0.235. The number of rotatable bonds is 4. The maximum Gasteiger partial charge on any atom is 0.326 e. The number of benzene rings is 1. The van der Waals surface area contributed by atoms with Gasteiger partial charge >= 0.3 is 5.65 Å². The molecule has 0 fully saturated rings. The predicted molar refractivity (Wildman–Crippen MR) is 88.8 cm³/mol. The van der Waals surface area contributed by atoms with Gasteiger partial charge in [-0.25, -0.2) is 4.98 Å². The summed E-state index contributed by atoms with van der Waals surface area (Å²) in [5, 5.41) is 11.1. The number of fused-ring (bicyclic) bond motifs is 1. The summed E-state index contributed by atoms with van der Waals surface area (Å²) in [6, 6.07) is 10.2. The molecule has 0 spiro atoms. The molecule has 5 heteroatoms. The van der Waals surface area contributed by atoms with Crippen LogP contribution in [-0.2, 0) is 0 Å². The lowest BCUT2D eigenvalue weighted by Crippen LogP contribution is -2.34. The van der Waals surface area contributed by atoms with Crippen LogP contribution in [0.15, 0.2) is 41.4 Å². The lowest BCUT2D eigenvalue weighted by Gasteiger charge is -2.12. The van der Waals surface area contributed by atoms with Gasteiger partial charge in [0, 0.05) is 22.9 Å². The summed E-state index contributed by atoms with van der Waals surface area (Å²) in [6.45, 7) is 4.02. The zero-order valence-corrected chi connectivity index (χ0v) is 13.7. The number of methoxy groups -OCH3 is 1. The standard InChI is InChI=1S/C17H18N2O2S/c1-4-22-12-5-6-16(21-3)15(10-12)14-9-11(2)19(20)17-13(14)7-8-18-17/h5-10,20H,4H2,1-3H3/p+1. The van der Waals surface area contributed by atoms with Crippen LogP contribution in [0.4, 0.5) is 0 Å². The molecular weight excluding hydrogens is 296 g/mol. The minimum absolute atomic E-state index is 0.686. The van der Waals surface area contributed by atoms with Gasteiger partial charge in [0.25, 0.3) is 0 Å². The van der Waals surface area contributed by atoms with E-state index in [2.05, 4.69) is 24.0 Å². The van der Waals surface area contributed by atoms with Gasteiger partial charge < -0.3 is 9.94 Å². The highest BCUT2D eigenvalue weighted by atomic mass is 32.2. The molecule has 4 nitrogen and oxygen atoms in total. The van der Waals surface area contributed by atoms with Crippen LogP contribution in [0, 0.1) is 6.92 Å². The van der Waals surface area contributed by atoms with E-state index in [9.17, 15) is 5.21 Å². The number of nitrogens with zero attached hydrogens (tertiary/aromatic N) is 1. The van der Waals surface area contributed by atoms with E-state index in [1.54, 1.807) is 18.9 Å². The Hall–Kier alpha value is -2.14. The van der Waals surface area contributed by atoms with Crippen molar-refractivity contribution >= 4 is 22.8 Å². The molecule has 0 unspecified atom stereocenters. The van der Waals surface area contributed by atoms with E-state index >= 15 is 0 Å². The summed E-state index contributed by atoms with van der Waals surface area (Å²) >= 11 is 1.80. The van der Waals surface area contributed by atoms with Crippen LogP contribution >= 0.6 is 11.8 Å². The minimum Gasteiger partial charge on any atom is -0.496 e. The Bertz CT molecular complexity index is 827. The van der Waals surface area contributed by atoms with Crippen LogP contribution in [0.25, 0.3) is 22.2 Å². The van der Waals surface area contributed by atoms with Gasteiger partial charge in [-0.3, -0.25) is 0 Å². The lowest BCUT2D eigenvalue weighted by atomic mass is 10.0. The molecule has 2 aromatic heterocycles. The van der Waals surface area contributed by atoms with Gasteiger partial charge in [0.2, 0.25) is 0 Å². The highest BCUT2D eigenvalue weighted by molar-refractivity contribution is 7.99. The molecule has 1 aromatic carbocycles. The average molecular weight is 315 g/mol. The van der Waals surface area contributed by atoms with Gasteiger partial charge in [-0.05, 0) is 40.8 Å². The van der Waals surface area contributed by atoms with Crippen LogP contribution in [0.1, 0.15) is 12.6 Å². The number of thioether (sulfide) groups is 1. The number of pyridine rings is 1. The summed E-state index contributed by atoms with van der Waals surface area (Å²) in [5.74, 6) is 1.86. The Morgan fingerprint density at radius 1 is 1.23 bits per heavy atom. The largest absolute Gasteiger partial charge is 0.496 e. The predicted octanol–water partition coefficient (Wildman–Crippen LogP) is 3.79. The van der Waals surface area contributed by atoms with Crippen LogP contribution in [0.2, 0.25) is 0 Å². The number of H-pyrrole nitrogens is 1. The van der Waals surface area contributed by atoms with Gasteiger partial charge in [-0.2, -0.15) is 0 Å². The molecule has 0 radical (unpaired) electrons. The molecule has 0 aliphatic heterocycles. The monoisotopic (exact) mass is 315 g/mol. The number of aromatic amines is 1. The van der Waals surface area contributed by atoms with E-state index in [1.807, 2.05) is 31.3 Å². The third-order valence-corrected chi connectivity index (χ3v) is 4.56. The van der Waals surface area contributed by atoms with Crippen molar-refractivity contribution in [2.75, 3.05) is 12.9 Å². The molecule has 3 rings (SSSR count). The molecule has 114 valence electrons. The number of nitrogens with one attached hydrogen (secondary N) is 1.